The maximum Gasteiger partial charge on any atom is 0.336 e. The number of benzene rings is 2. The molecule has 1 aromatic heterocycles. The summed E-state index contributed by atoms with van der Waals surface area (Å²) in [6.45, 7) is 0.963. The summed E-state index contributed by atoms with van der Waals surface area (Å²) in [7, 11) is 0. The zero-order chi connectivity index (χ0) is 18.1. The number of hydrogen-bond donors (Lipinski definition) is 2. The van der Waals surface area contributed by atoms with Gasteiger partial charge in [-0.05, 0) is 42.0 Å². The van der Waals surface area contributed by atoms with Crippen LogP contribution < -0.4 is 0 Å². The molecule has 26 heavy (non-hydrogen) atoms. The van der Waals surface area contributed by atoms with Crippen LogP contribution in [0.4, 0.5) is 4.39 Å². The van der Waals surface area contributed by atoms with Gasteiger partial charge in [0, 0.05) is 11.1 Å². The van der Waals surface area contributed by atoms with E-state index in [1.165, 1.54) is 12.1 Å². The lowest BCUT2D eigenvalue weighted by molar-refractivity contribution is -0.0441. The molecule has 0 spiro atoms. The van der Waals surface area contributed by atoms with Crippen LogP contribution in [0, 0.1) is 5.82 Å². The molecule has 0 aliphatic carbocycles. The Morgan fingerprint density at radius 1 is 1.12 bits per heavy atom. The minimum Gasteiger partial charge on any atom is -0.478 e. The summed E-state index contributed by atoms with van der Waals surface area (Å²) in [5, 5.41) is 16.7. The number of rotatable bonds is 4. The predicted octanol–water partition coefficient (Wildman–Crippen LogP) is 3.63. The molecule has 7 heteroatoms. The number of aromatic amines is 1. The zero-order valence-electron chi connectivity index (χ0n) is 13.6. The van der Waals surface area contributed by atoms with Gasteiger partial charge in [0.05, 0.1) is 30.2 Å². The third-order valence-electron chi connectivity index (χ3n) is 4.18. The third-order valence-corrected chi connectivity index (χ3v) is 4.18. The van der Waals surface area contributed by atoms with E-state index in [0.29, 0.717) is 35.7 Å². The summed E-state index contributed by atoms with van der Waals surface area (Å²) in [6.07, 6.45) is -0.545. The maximum absolute atomic E-state index is 13.1. The van der Waals surface area contributed by atoms with Crippen molar-refractivity contribution < 1.29 is 23.8 Å². The van der Waals surface area contributed by atoms with E-state index >= 15 is 0 Å². The van der Waals surface area contributed by atoms with Gasteiger partial charge >= 0.3 is 5.97 Å². The Balaban J connectivity index is 1.71. The van der Waals surface area contributed by atoms with E-state index in [4.69, 9.17) is 9.47 Å². The van der Waals surface area contributed by atoms with Crippen molar-refractivity contribution in [1.29, 1.82) is 0 Å². The van der Waals surface area contributed by atoms with Crippen LogP contribution in [0.1, 0.15) is 22.2 Å². The predicted molar refractivity (Wildman–Crippen MR) is 91.0 cm³/mol. The minimum absolute atomic E-state index is 0.110. The molecule has 6 nitrogen and oxygen atoms in total. The number of carbonyl (C=O) groups is 1. The first kappa shape index (κ1) is 16.4. The molecule has 1 aliphatic rings. The van der Waals surface area contributed by atoms with Crippen LogP contribution in [0.3, 0.4) is 0 Å². The van der Waals surface area contributed by atoms with E-state index in [0.717, 1.165) is 5.56 Å². The second-order valence-electron chi connectivity index (χ2n) is 5.86. The first-order chi connectivity index (χ1) is 12.6. The Morgan fingerprint density at radius 2 is 1.85 bits per heavy atom. The molecule has 1 fully saturated rings. The molecule has 0 atom stereocenters. The van der Waals surface area contributed by atoms with Gasteiger partial charge < -0.3 is 14.6 Å². The second kappa shape index (κ2) is 6.70. The SMILES string of the molecule is O=C(O)c1cc(C2OCCO2)ccc1-c1cc(-c2ccc(F)cc2)[nH]n1. The Labute approximate surface area is 148 Å². The van der Waals surface area contributed by atoms with Gasteiger partial charge in [0.25, 0.3) is 0 Å². The first-order valence-electron chi connectivity index (χ1n) is 8.04. The van der Waals surface area contributed by atoms with Crippen molar-refractivity contribution in [2.24, 2.45) is 0 Å². The van der Waals surface area contributed by atoms with Crippen molar-refractivity contribution in [2.45, 2.75) is 6.29 Å². The summed E-state index contributed by atoms with van der Waals surface area (Å²) < 4.78 is 23.9. The van der Waals surface area contributed by atoms with Crippen molar-refractivity contribution in [1.82, 2.24) is 10.2 Å². The molecule has 0 bridgehead atoms. The molecule has 0 radical (unpaired) electrons. The van der Waals surface area contributed by atoms with E-state index in [-0.39, 0.29) is 11.4 Å². The normalized spacial score (nSPS) is 14.7. The van der Waals surface area contributed by atoms with E-state index in [2.05, 4.69) is 10.2 Å². The maximum atomic E-state index is 13.1. The minimum atomic E-state index is -1.06. The molecule has 0 unspecified atom stereocenters. The molecule has 2 N–H and O–H groups in total. The van der Waals surface area contributed by atoms with E-state index < -0.39 is 12.3 Å². The molecule has 2 aromatic carbocycles. The molecule has 3 aromatic rings. The highest BCUT2D eigenvalue weighted by Gasteiger charge is 2.22. The number of hydrogen-bond acceptors (Lipinski definition) is 4. The van der Waals surface area contributed by atoms with Crippen LogP contribution >= 0.6 is 0 Å². The number of nitrogens with one attached hydrogen (secondary N) is 1. The zero-order valence-corrected chi connectivity index (χ0v) is 13.6. The van der Waals surface area contributed by atoms with Crippen LogP contribution in [0.25, 0.3) is 22.5 Å². The number of nitrogens with zero attached hydrogens (tertiary/aromatic N) is 1. The summed E-state index contributed by atoms with van der Waals surface area (Å²) in [5.74, 6) is -1.39. The molecular weight excluding hydrogens is 339 g/mol. The fourth-order valence-corrected chi connectivity index (χ4v) is 2.90. The monoisotopic (exact) mass is 354 g/mol. The lowest BCUT2D eigenvalue weighted by Crippen LogP contribution is -2.04. The van der Waals surface area contributed by atoms with Crippen LogP contribution in [-0.2, 0) is 9.47 Å². The highest BCUT2D eigenvalue weighted by molar-refractivity contribution is 5.96. The van der Waals surface area contributed by atoms with E-state index in [1.807, 2.05) is 0 Å². The Hall–Kier alpha value is -3.03. The Kier molecular flexibility index (Phi) is 4.24. The largest absolute Gasteiger partial charge is 0.478 e. The third kappa shape index (κ3) is 3.10. The molecule has 0 saturated carbocycles. The number of H-pyrrole nitrogens is 1. The average Bonchev–Trinajstić information content (AvgIpc) is 3.34. The molecule has 2 heterocycles. The van der Waals surface area contributed by atoms with Crippen LogP contribution in [0.15, 0.2) is 48.5 Å². The summed E-state index contributed by atoms with van der Waals surface area (Å²) in [6, 6.07) is 12.7. The van der Waals surface area contributed by atoms with Gasteiger partial charge in [-0.1, -0.05) is 12.1 Å². The number of carboxylic acids is 1. The Bertz CT molecular complexity index is 946. The fourth-order valence-electron chi connectivity index (χ4n) is 2.90. The van der Waals surface area contributed by atoms with Crippen LogP contribution in [0.5, 0.6) is 0 Å². The van der Waals surface area contributed by atoms with Crippen molar-refractivity contribution in [3.05, 3.63) is 65.5 Å². The van der Waals surface area contributed by atoms with Crippen molar-refractivity contribution in [3.63, 3.8) is 0 Å². The van der Waals surface area contributed by atoms with E-state index in [9.17, 15) is 14.3 Å². The number of aromatic nitrogens is 2. The highest BCUT2D eigenvalue weighted by Crippen LogP contribution is 2.31. The molecule has 4 rings (SSSR count). The van der Waals surface area contributed by atoms with Gasteiger partial charge in [0.1, 0.15) is 5.82 Å². The van der Waals surface area contributed by atoms with Gasteiger partial charge in [-0.3, -0.25) is 5.10 Å². The molecule has 1 aliphatic heterocycles. The lowest BCUT2D eigenvalue weighted by atomic mass is 10.0. The van der Waals surface area contributed by atoms with Crippen molar-refractivity contribution >= 4 is 5.97 Å². The summed E-state index contributed by atoms with van der Waals surface area (Å²) in [4.78, 5) is 11.7. The van der Waals surface area contributed by atoms with Crippen LogP contribution in [0.2, 0.25) is 0 Å². The topological polar surface area (TPSA) is 84.4 Å². The standard InChI is InChI=1S/C19H15FN2O4/c20-13-4-1-11(2-5-13)16-10-17(22-21-16)14-6-3-12(9-15(14)18(23)24)19-25-7-8-26-19/h1-6,9-10,19H,7-8H2,(H,21,22)(H,23,24). The second-order valence-corrected chi connectivity index (χ2v) is 5.86. The number of ether oxygens (including phenoxy) is 2. The van der Waals surface area contributed by atoms with Crippen molar-refractivity contribution in [2.75, 3.05) is 13.2 Å². The van der Waals surface area contributed by atoms with Crippen molar-refractivity contribution in [3.8, 4) is 22.5 Å². The molecule has 1 saturated heterocycles. The summed E-state index contributed by atoms with van der Waals surface area (Å²) in [5.41, 5.74) is 3.15. The number of carboxylic acid groups (broad SMARTS) is 1. The smallest absolute Gasteiger partial charge is 0.336 e. The lowest BCUT2D eigenvalue weighted by Gasteiger charge is -2.11. The van der Waals surface area contributed by atoms with Gasteiger partial charge in [0.15, 0.2) is 6.29 Å². The number of aromatic carboxylic acids is 1. The van der Waals surface area contributed by atoms with E-state index in [1.54, 1.807) is 36.4 Å². The Morgan fingerprint density at radius 3 is 2.54 bits per heavy atom. The molecule has 132 valence electrons. The highest BCUT2D eigenvalue weighted by atomic mass is 19.1. The fraction of sp³-hybridized carbons (Fsp3) is 0.158. The molecular formula is C19H15FN2O4. The molecule has 0 amide bonds. The number of halogens is 1. The van der Waals surface area contributed by atoms with Gasteiger partial charge in [0.2, 0.25) is 0 Å². The van der Waals surface area contributed by atoms with Gasteiger partial charge in [-0.15, -0.1) is 0 Å². The quantitative estimate of drug-likeness (QED) is 0.747. The first-order valence-corrected chi connectivity index (χ1v) is 8.04. The van der Waals surface area contributed by atoms with Gasteiger partial charge in [-0.2, -0.15) is 5.10 Å². The average molecular weight is 354 g/mol. The van der Waals surface area contributed by atoms with Crippen LogP contribution in [-0.4, -0.2) is 34.5 Å². The summed E-state index contributed by atoms with van der Waals surface area (Å²) >= 11 is 0. The van der Waals surface area contributed by atoms with Gasteiger partial charge in [-0.25, -0.2) is 9.18 Å².